The van der Waals surface area contributed by atoms with Crippen molar-refractivity contribution < 1.29 is 9.20 Å². The Bertz CT molecular complexity index is 389. The van der Waals surface area contributed by atoms with E-state index in [2.05, 4.69) is 5.27 Å². The zero-order chi connectivity index (χ0) is 9.26. The second-order valence-corrected chi connectivity index (χ2v) is 2.78. The van der Waals surface area contributed by atoms with Crippen LogP contribution in [-0.4, -0.2) is 5.27 Å². The molecule has 13 heavy (non-hydrogen) atoms. The van der Waals surface area contributed by atoms with Crippen LogP contribution in [0.1, 0.15) is 0 Å². The van der Waals surface area contributed by atoms with Gasteiger partial charge in [0.1, 0.15) is 0 Å². The van der Waals surface area contributed by atoms with E-state index in [1.165, 1.54) is 0 Å². The number of hydrogen-bond acceptors (Lipinski definition) is 3. The minimum Gasteiger partial charge on any atom is -0.362 e. The molecule has 0 amide bonds. The van der Waals surface area contributed by atoms with Gasteiger partial charge >= 0.3 is 11.6 Å². The molecule has 4 heteroatoms. The molecule has 0 aliphatic heterocycles. The molecular weight excluding hydrogens is 166 g/mol. The number of nitrogens with zero attached hydrogens (tertiary/aromatic N) is 2. The van der Waals surface area contributed by atoms with Crippen LogP contribution < -0.4 is 10.4 Å². The predicted molar refractivity (Wildman–Crippen MR) is 47.5 cm³/mol. The van der Waals surface area contributed by atoms with Gasteiger partial charge in [-0.2, -0.15) is 0 Å². The van der Waals surface area contributed by atoms with Gasteiger partial charge in [-0.05, 0) is 16.8 Å². The zero-order valence-corrected chi connectivity index (χ0v) is 7.27. The number of hydrogen-bond donors (Lipinski definition) is 1. The fourth-order valence-corrected chi connectivity index (χ4v) is 1.27. The van der Waals surface area contributed by atoms with Gasteiger partial charge in [0.25, 0.3) is 0 Å². The van der Waals surface area contributed by atoms with E-state index < -0.39 is 0 Å². The molecule has 2 N–H and O–H groups in total. The molecular formula is C9H10N3O+. The van der Waals surface area contributed by atoms with E-state index >= 15 is 0 Å². The van der Waals surface area contributed by atoms with Crippen molar-refractivity contribution in [1.29, 1.82) is 0 Å². The molecule has 0 aliphatic rings. The molecule has 1 aromatic carbocycles. The molecule has 0 unspecified atom stereocenters. The lowest BCUT2D eigenvalue weighted by atomic mass is 10.1. The minimum absolute atomic E-state index is 0.341. The quantitative estimate of drug-likeness (QED) is 0.652. The van der Waals surface area contributed by atoms with Gasteiger partial charge in [0, 0.05) is 0 Å². The summed E-state index contributed by atoms with van der Waals surface area (Å²) in [6, 6.07) is 9.77. The van der Waals surface area contributed by atoms with Crippen LogP contribution in [0.2, 0.25) is 0 Å². The zero-order valence-electron chi connectivity index (χ0n) is 7.27. The average Bonchev–Trinajstić information content (AvgIpc) is 2.48. The maximum Gasteiger partial charge on any atom is 0.304 e. The highest BCUT2D eigenvalue weighted by molar-refractivity contribution is 5.64. The van der Waals surface area contributed by atoms with Gasteiger partial charge in [-0.1, -0.05) is 18.2 Å². The lowest BCUT2D eigenvalue weighted by Gasteiger charge is -1.90. The summed E-state index contributed by atoms with van der Waals surface area (Å²) in [5.41, 5.74) is 7.43. The number of nitrogen functional groups attached to an aromatic ring is 1. The molecule has 1 heterocycles. The van der Waals surface area contributed by atoms with E-state index in [0.717, 1.165) is 11.3 Å². The van der Waals surface area contributed by atoms with E-state index in [1.807, 2.05) is 30.3 Å². The fraction of sp³-hybridized carbons (Fsp3) is 0.111. The first-order valence-electron chi connectivity index (χ1n) is 3.96. The minimum atomic E-state index is 0.341. The van der Waals surface area contributed by atoms with Crippen LogP contribution in [0.4, 0.5) is 5.88 Å². The van der Waals surface area contributed by atoms with Crippen molar-refractivity contribution in [3.8, 4) is 11.3 Å². The highest BCUT2D eigenvalue weighted by Crippen LogP contribution is 2.19. The second kappa shape index (κ2) is 2.90. The molecule has 0 aliphatic carbocycles. The Morgan fingerprint density at radius 1 is 1.31 bits per heavy atom. The first kappa shape index (κ1) is 7.79. The van der Waals surface area contributed by atoms with Gasteiger partial charge in [-0.15, -0.1) is 0 Å². The fourth-order valence-electron chi connectivity index (χ4n) is 1.27. The van der Waals surface area contributed by atoms with Gasteiger partial charge in [0.05, 0.1) is 5.56 Å². The summed E-state index contributed by atoms with van der Waals surface area (Å²) in [5.74, 6) is 0.341. The Labute approximate surface area is 75.6 Å². The third kappa shape index (κ3) is 1.26. The van der Waals surface area contributed by atoms with Gasteiger partial charge in [0.2, 0.25) is 5.27 Å². The third-order valence-corrected chi connectivity index (χ3v) is 1.87. The summed E-state index contributed by atoms with van der Waals surface area (Å²) >= 11 is 0. The van der Waals surface area contributed by atoms with Crippen LogP contribution in [0.5, 0.6) is 0 Å². The molecule has 0 bridgehead atoms. The summed E-state index contributed by atoms with van der Waals surface area (Å²) in [6.45, 7) is 0. The summed E-state index contributed by atoms with van der Waals surface area (Å²) < 4.78 is 6.46. The lowest BCUT2D eigenvalue weighted by Crippen LogP contribution is -2.31. The maximum absolute atomic E-state index is 5.62. The average molecular weight is 176 g/mol. The topological polar surface area (TPSA) is 55.9 Å². The summed E-state index contributed by atoms with van der Waals surface area (Å²) in [6.07, 6.45) is 0. The van der Waals surface area contributed by atoms with Gasteiger partial charge in [-0.3, -0.25) is 4.52 Å². The Balaban J connectivity index is 2.59. The molecule has 0 atom stereocenters. The monoisotopic (exact) mass is 176 g/mol. The summed E-state index contributed by atoms with van der Waals surface area (Å²) in [5, 5.41) is 3.71. The largest absolute Gasteiger partial charge is 0.362 e. The van der Waals surface area contributed by atoms with E-state index in [-0.39, 0.29) is 0 Å². The molecule has 1 aromatic heterocycles. The standard InChI is InChI=1S/C9H10N3O/c1-12-8(9(10)13-11-12)7-5-3-2-4-6-7/h2-6H,10H2,1H3/q+1. The third-order valence-electron chi connectivity index (χ3n) is 1.87. The van der Waals surface area contributed by atoms with Crippen LogP contribution in [0.3, 0.4) is 0 Å². The molecule has 0 fully saturated rings. The van der Waals surface area contributed by atoms with Crippen LogP contribution in [0.15, 0.2) is 34.9 Å². The normalized spacial score (nSPS) is 10.2. The summed E-state index contributed by atoms with van der Waals surface area (Å²) in [7, 11) is 1.79. The number of benzene rings is 1. The van der Waals surface area contributed by atoms with Crippen molar-refractivity contribution in [2.75, 3.05) is 5.73 Å². The number of anilines is 1. The van der Waals surface area contributed by atoms with Gasteiger partial charge in [0.15, 0.2) is 7.05 Å². The lowest BCUT2D eigenvalue weighted by molar-refractivity contribution is -0.730. The molecule has 0 saturated carbocycles. The first-order valence-corrected chi connectivity index (χ1v) is 3.96. The molecule has 4 nitrogen and oxygen atoms in total. The molecule has 0 spiro atoms. The van der Waals surface area contributed by atoms with Crippen molar-refractivity contribution in [3.63, 3.8) is 0 Å². The molecule has 0 saturated heterocycles. The SMILES string of the molecule is C[n+]1noc(N)c1-c1ccccc1. The molecule has 0 radical (unpaired) electrons. The van der Waals surface area contributed by atoms with Crippen molar-refractivity contribution in [3.05, 3.63) is 30.3 Å². The highest BCUT2D eigenvalue weighted by Gasteiger charge is 2.20. The highest BCUT2D eigenvalue weighted by atomic mass is 16.5. The summed E-state index contributed by atoms with van der Waals surface area (Å²) in [4.78, 5) is 0. The number of aryl methyl sites for hydroxylation is 1. The predicted octanol–water partition coefficient (Wildman–Crippen LogP) is 0.748. The number of rotatable bonds is 1. The Hall–Kier alpha value is -1.84. The van der Waals surface area contributed by atoms with E-state index in [4.69, 9.17) is 10.3 Å². The van der Waals surface area contributed by atoms with Crippen LogP contribution in [0, 0.1) is 0 Å². The van der Waals surface area contributed by atoms with Crippen molar-refractivity contribution in [1.82, 2.24) is 5.27 Å². The molecule has 66 valence electrons. The number of nitrogens with two attached hydrogens (primary N) is 1. The maximum atomic E-state index is 5.62. The first-order chi connectivity index (χ1) is 6.29. The van der Waals surface area contributed by atoms with Crippen molar-refractivity contribution in [2.24, 2.45) is 7.05 Å². The van der Waals surface area contributed by atoms with Crippen LogP contribution >= 0.6 is 0 Å². The van der Waals surface area contributed by atoms with E-state index in [9.17, 15) is 0 Å². The molecule has 2 rings (SSSR count). The van der Waals surface area contributed by atoms with Gasteiger partial charge in [-0.25, -0.2) is 0 Å². The van der Waals surface area contributed by atoms with E-state index in [0.29, 0.717) is 5.88 Å². The second-order valence-electron chi connectivity index (χ2n) is 2.78. The van der Waals surface area contributed by atoms with E-state index in [1.54, 1.807) is 11.7 Å². The van der Waals surface area contributed by atoms with Crippen LogP contribution in [0.25, 0.3) is 11.3 Å². The number of aromatic nitrogens is 2. The van der Waals surface area contributed by atoms with Crippen molar-refractivity contribution in [2.45, 2.75) is 0 Å². The Morgan fingerprint density at radius 3 is 2.54 bits per heavy atom. The molecule has 2 aromatic rings. The Kier molecular flexibility index (Phi) is 1.73. The van der Waals surface area contributed by atoms with Crippen molar-refractivity contribution >= 4 is 5.88 Å². The Morgan fingerprint density at radius 2 is 2.00 bits per heavy atom. The van der Waals surface area contributed by atoms with Gasteiger partial charge < -0.3 is 5.73 Å². The van der Waals surface area contributed by atoms with Crippen LogP contribution in [-0.2, 0) is 7.05 Å². The smallest absolute Gasteiger partial charge is 0.304 e.